The Balaban J connectivity index is 2.28. The van der Waals surface area contributed by atoms with Crippen molar-refractivity contribution in [1.29, 1.82) is 0 Å². The van der Waals surface area contributed by atoms with Crippen molar-refractivity contribution >= 4 is 27.4 Å². The van der Waals surface area contributed by atoms with Crippen molar-refractivity contribution in [2.75, 3.05) is 5.73 Å². The molecule has 0 fully saturated rings. The number of imidazole rings is 1. The summed E-state index contributed by atoms with van der Waals surface area (Å²) in [4.78, 5) is 4.27. The third kappa shape index (κ3) is 1.98. The first-order valence-corrected chi connectivity index (χ1v) is 6.24. The highest BCUT2D eigenvalue weighted by molar-refractivity contribution is 9.10. The van der Waals surface area contributed by atoms with E-state index in [0.717, 1.165) is 10.5 Å². The van der Waals surface area contributed by atoms with Crippen LogP contribution in [0.1, 0.15) is 0 Å². The molecule has 0 radical (unpaired) electrons. The van der Waals surface area contributed by atoms with Crippen molar-refractivity contribution in [2.24, 2.45) is 0 Å². The van der Waals surface area contributed by atoms with E-state index in [1.807, 2.05) is 6.07 Å². The fourth-order valence-corrected chi connectivity index (χ4v) is 2.25. The molecule has 0 unspecified atom stereocenters. The van der Waals surface area contributed by atoms with Gasteiger partial charge >= 0.3 is 0 Å². The number of nitrogen functional groups attached to an aromatic ring is 1. The van der Waals surface area contributed by atoms with Crippen LogP contribution in [0.4, 0.5) is 14.6 Å². The summed E-state index contributed by atoms with van der Waals surface area (Å²) in [7, 11) is 0. The summed E-state index contributed by atoms with van der Waals surface area (Å²) in [5.41, 5.74) is 7.04. The summed E-state index contributed by atoms with van der Waals surface area (Å²) in [6.07, 6.45) is 1.74. The second kappa shape index (κ2) is 4.31. The maximum Gasteiger partial charge on any atom is 0.139 e. The van der Waals surface area contributed by atoms with Gasteiger partial charge in [0.1, 0.15) is 28.8 Å². The van der Waals surface area contributed by atoms with Crippen molar-refractivity contribution in [3.8, 4) is 11.3 Å². The normalized spacial score (nSPS) is 11.1. The molecule has 2 aromatic heterocycles. The van der Waals surface area contributed by atoms with Gasteiger partial charge in [0, 0.05) is 22.3 Å². The lowest BCUT2D eigenvalue weighted by Gasteiger charge is -2.01. The van der Waals surface area contributed by atoms with Gasteiger partial charge in [-0.15, -0.1) is 0 Å². The zero-order chi connectivity index (χ0) is 13.6. The molecule has 0 saturated heterocycles. The van der Waals surface area contributed by atoms with E-state index in [4.69, 9.17) is 5.73 Å². The van der Waals surface area contributed by atoms with Crippen LogP contribution in [-0.4, -0.2) is 9.38 Å². The number of halogens is 3. The van der Waals surface area contributed by atoms with Gasteiger partial charge in [-0.3, -0.25) is 4.40 Å². The van der Waals surface area contributed by atoms with Crippen molar-refractivity contribution in [2.45, 2.75) is 0 Å². The minimum absolute atomic E-state index is 0.179. The Morgan fingerprint density at radius 2 is 1.95 bits per heavy atom. The second-order valence-electron chi connectivity index (χ2n) is 4.05. The van der Waals surface area contributed by atoms with Gasteiger partial charge in [0.05, 0.1) is 0 Å². The lowest BCUT2D eigenvalue weighted by Crippen LogP contribution is -1.95. The van der Waals surface area contributed by atoms with Crippen molar-refractivity contribution < 1.29 is 8.78 Å². The highest BCUT2D eigenvalue weighted by Crippen LogP contribution is 2.29. The van der Waals surface area contributed by atoms with Gasteiger partial charge in [0.25, 0.3) is 0 Å². The van der Waals surface area contributed by atoms with Crippen LogP contribution < -0.4 is 5.73 Å². The summed E-state index contributed by atoms with van der Waals surface area (Å²) in [6.45, 7) is 0. The van der Waals surface area contributed by atoms with Crippen LogP contribution in [0.3, 0.4) is 0 Å². The van der Waals surface area contributed by atoms with Gasteiger partial charge in [0.2, 0.25) is 0 Å². The SMILES string of the molecule is Nc1c(-c2ccc(F)cc2F)nc2ccc(Br)cn12. The second-order valence-corrected chi connectivity index (χ2v) is 4.96. The summed E-state index contributed by atoms with van der Waals surface area (Å²) in [5.74, 6) is -1.01. The molecule has 2 heterocycles. The largest absolute Gasteiger partial charge is 0.383 e. The fourth-order valence-electron chi connectivity index (χ4n) is 1.92. The summed E-state index contributed by atoms with van der Waals surface area (Å²) in [6, 6.07) is 6.89. The summed E-state index contributed by atoms with van der Waals surface area (Å²) < 4.78 is 29.2. The fraction of sp³-hybridized carbons (Fsp3) is 0. The first-order chi connectivity index (χ1) is 9.06. The number of pyridine rings is 1. The highest BCUT2D eigenvalue weighted by atomic mass is 79.9. The van der Waals surface area contributed by atoms with E-state index in [9.17, 15) is 8.78 Å². The smallest absolute Gasteiger partial charge is 0.139 e. The minimum Gasteiger partial charge on any atom is -0.383 e. The Bertz CT molecular complexity index is 783. The van der Waals surface area contributed by atoms with Crippen LogP contribution in [0.2, 0.25) is 0 Å². The number of hydrogen-bond acceptors (Lipinski definition) is 2. The first kappa shape index (κ1) is 12.1. The molecule has 0 bridgehead atoms. The molecule has 2 N–H and O–H groups in total. The Hall–Kier alpha value is -1.95. The predicted octanol–water partition coefficient (Wildman–Crippen LogP) is 3.62. The van der Waals surface area contributed by atoms with Crippen molar-refractivity contribution in [3.05, 3.63) is 52.6 Å². The zero-order valence-corrected chi connectivity index (χ0v) is 11.2. The van der Waals surface area contributed by atoms with Crippen LogP contribution in [0.25, 0.3) is 16.9 Å². The van der Waals surface area contributed by atoms with E-state index in [1.54, 1.807) is 16.7 Å². The maximum absolute atomic E-state index is 13.8. The number of benzene rings is 1. The molecule has 0 spiro atoms. The molecule has 0 aliphatic carbocycles. The van der Waals surface area contributed by atoms with E-state index in [2.05, 4.69) is 20.9 Å². The Labute approximate surface area is 115 Å². The molecule has 3 aromatic rings. The highest BCUT2D eigenvalue weighted by Gasteiger charge is 2.15. The number of nitrogens with two attached hydrogens (primary N) is 1. The average molecular weight is 324 g/mol. The van der Waals surface area contributed by atoms with Crippen LogP contribution in [-0.2, 0) is 0 Å². The Kier molecular flexibility index (Phi) is 2.74. The standard InChI is InChI=1S/C13H8BrF2N3/c14-7-1-4-11-18-12(13(17)19(11)6-7)9-3-2-8(15)5-10(9)16/h1-6H,17H2. The minimum atomic E-state index is -0.686. The van der Waals surface area contributed by atoms with Crippen LogP contribution in [0.5, 0.6) is 0 Å². The molecule has 0 aliphatic heterocycles. The van der Waals surface area contributed by atoms with E-state index < -0.39 is 11.6 Å². The van der Waals surface area contributed by atoms with E-state index >= 15 is 0 Å². The van der Waals surface area contributed by atoms with Gasteiger partial charge < -0.3 is 5.73 Å². The van der Waals surface area contributed by atoms with E-state index in [-0.39, 0.29) is 5.56 Å². The third-order valence-corrected chi connectivity index (χ3v) is 3.27. The predicted molar refractivity (Wildman–Crippen MR) is 72.7 cm³/mol. The topological polar surface area (TPSA) is 43.3 Å². The molecule has 6 heteroatoms. The number of nitrogens with zero attached hydrogens (tertiary/aromatic N) is 2. The molecule has 3 rings (SSSR count). The van der Waals surface area contributed by atoms with E-state index in [0.29, 0.717) is 17.2 Å². The molecule has 0 aliphatic rings. The average Bonchev–Trinajstić information content (AvgIpc) is 2.67. The summed E-state index contributed by atoms with van der Waals surface area (Å²) in [5, 5.41) is 0. The molecule has 0 atom stereocenters. The summed E-state index contributed by atoms with van der Waals surface area (Å²) >= 11 is 3.33. The molecule has 3 nitrogen and oxygen atoms in total. The van der Waals surface area contributed by atoms with Crippen molar-refractivity contribution in [3.63, 3.8) is 0 Å². The Morgan fingerprint density at radius 1 is 1.16 bits per heavy atom. The molecular weight excluding hydrogens is 316 g/mol. The third-order valence-electron chi connectivity index (χ3n) is 2.81. The van der Waals surface area contributed by atoms with Gasteiger partial charge in [0.15, 0.2) is 0 Å². The number of hydrogen-bond donors (Lipinski definition) is 1. The number of rotatable bonds is 1. The van der Waals surface area contributed by atoms with Crippen molar-refractivity contribution in [1.82, 2.24) is 9.38 Å². The molecule has 0 saturated carbocycles. The van der Waals surface area contributed by atoms with Gasteiger partial charge in [-0.1, -0.05) is 0 Å². The molecule has 19 heavy (non-hydrogen) atoms. The van der Waals surface area contributed by atoms with E-state index in [1.165, 1.54) is 12.1 Å². The lowest BCUT2D eigenvalue weighted by atomic mass is 10.1. The maximum atomic E-state index is 13.8. The first-order valence-electron chi connectivity index (χ1n) is 5.45. The van der Waals surface area contributed by atoms with Gasteiger partial charge in [-0.25, -0.2) is 13.8 Å². The number of fused-ring (bicyclic) bond motifs is 1. The molecule has 0 amide bonds. The number of aromatic nitrogens is 2. The number of anilines is 1. The van der Waals surface area contributed by atoms with Gasteiger partial charge in [-0.2, -0.15) is 0 Å². The molecular formula is C13H8BrF2N3. The van der Waals surface area contributed by atoms with Crippen LogP contribution in [0, 0.1) is 11.6 Å². The molecule has 96 valence electrons. The van der Waals surface area contributed by atoms with Crippen LogP contribution >= 0.6 is 15.9 Å². The monoisotopic (exact) mass is 323 g/mol. The Morgan fingerprint density at radius 3 is 2.68 bits per heavy atom. The molecule has 1 aromatic carbocycles. The van der Waals surface area contributed by atoms with Crippen LogP contribution in [0.15, 0.2) is 41.0 Å². The van der Waals surface area contributed by atoms with Gasteiger partial charge in [-0.05, 0) is 40.2 Å². The quantitative estimate of drug-likeness (QED) is 0.743. The lowest BCUT2D eigenvalue weighted by molar-refractivity contribution is 0.585. The zero-order valence-electron chi connectivity index (χ0n) is 9.57.